The van der Waals surface area contributed by atoms with E-state index in [9.17, 15) is 14.0 Å². The lowest BCUT2D eigenvalue weighted by molar-refractivity contribution is -0.127. The summed E-state index contributed by atoms with van der Waals surface area (Å²) < 4.78 is 16.0. The van der Waals surface area contributed by atoms with Gasteiger partial charge in [-0.05, 0) is 68.6 Å². The van der Waals surface area contributed by atoms with Crippen molar-refractivity contribution in [2.24, 2.45) is 0 Å². The number of carbonyl (C=O) groups excluding carboxylic acids is 2. The summed E-state index contributed by atoms with van der Waals surface area (Å²) in [5.41, 5.74) is 1.36. The Hall–Kier alpha value is -2.97. The van der Waals surface area contributed by atoms with Crippen molar-refractivity contribution in [3.63, 3.8) is 0 Å². The highest BCUT2D eigenvalue weighted by molar-refractivity contribution is 6.30. The van der Waals surface area contributed by atoms with Gasteiger partial charge in [-0.25, -0.2) is 9.37 Å². The van der Waals surface area contributed by atoms with E-state index in [0.717, 1.165) is 30.5 Å². The third kappa shape index (κ3) is 4.28. The largest absolute Gasteiger partial charge is 0.349 e. The van der Waals surface area contributed by atoms with Crippen LogP contribution in [0.25, 0.3) is 5.52 Å². The molecule has 34 heavy (non-hydrogen) atoms. The highest BCUT2D eigenvalue weighted by atomic mass is 35.5. The van der Waals surface area contributed by atoms with Gasteiger partial charge in [-0.15, -0.1) is 0 Å². The lowest BCUT2D eigenvalue weighted by atomic mass is 9.84. The molecule has 2 fully saturated rings. The molecule has 2 N–H and O–H groups in total. The van der Waals surface area contributed by atoms with Crippen molar-refractivity contribution < 1.29 is 14.0 Å². The van der Waals surface area contributed by atoms with Crippen LogP contribution in [0.5, 0.6) is 0 Å². The van der Waals surface area contributed by atoms with E-state index in [-0.39, 0.29) is 23.8 Å². The molecule has 9 heteroatoms. The number of hydrogen-bond donors (Lipinski definition) is 2. The standard InChI is InChI=1S/C25H27ClFN5O2/c1-25(6-3-7-29-25)24(34)30-21-14-31(9-5-19(21)16-10-17(26)12-18(27)11-16)23(33)20-4-2-8-32-15-28-13-22(20)32/h2,4,8,10-13,15,19,21,29H,3,5-7,9,14H2,1H3,(H,30,34)/t19-,21+,25+/m0/s1. The molecule has 3 aromatic rings. The number of benzene rings is 1. The molecule has 0 aliphatic carbocycles. The Morgan fingerprint density at radius 3 is 2.94 bits per heavy atom. The van der Waals surface area contributed by atoms with Gasteiger partial charge < -0.3 is 19.9 Å². The number of nitrogens with one attached hydrogen (secondary N) is 2. The van der Waals surface area contributed by atoms with Gasteiger partial charge in [0.25, 0.3) is 5.91 Å². The number of halogens is 2. The maximum Gasteiger partial charge on any atom is 0.256 e. The highest BCUT2D eigenvalue weighted by Crippen LogP contribution is 2.32. The van der Waals surface area contributed by atoms with Crippen LogP contribution in [0.1, 0.15) is 48.0 Å². The summed E-state index contributed by atoms with van der Waals surface area (Å²) in [6, 6.07) is 7.70. The van der Waals surface area contributed by atoms with E-state index in [1.807, 2.05) is 19.2 Å². The number of rotatable bonds is 4. The second kappa shape index (κ2) is 9.00. The number of carbonyl (C=O) groups is 2. The Balaban J connectivity index is 1.43. The first-order chi connectivity index (χ1) is 16.3. The van der Waals surface area contributed by atoms with Gasteiger partial charge >= 0.3 is 0 Å². The van der Waals surface area contributed by atoms with Gasteiger partial charge in [0.1, 0.15) is 5.82 Å². The number of hydrogen-bond acceptors (Lipinski definition) is 4. The lowest BCUT2D eigenvalue weighted by Crippen LogP contribution is -2.59. The average Bonchev–Trinajstić information content (AvgIpc) is 3.47. The Morgan fingerprint density at radius 1 is 1.32 bits per heavy atom. The minimum Gasteiger partial charge on any atom is -0.349 e. The Morgan fingerprint density at radius 2 is 2.18 bits per heavy atom. The molecule has 2 saturated heterocycles. The summed E-state index contributed by atoms with van der Waals surface area (Å²) >= 11 is 6.14. The van der Waals surface area contributed by atoms with Crippen molar-refractivity contribution >= 4 is 28.9 Å². The number of piperidine rings is 1. The first-order valence-electron chi connectivity index (χ1n) is 11.6. The molecule has 0 spiro atoms. The van der Waals surface area contributed by atoms with Crippen LogP contribution in [0, 0.1) is 5.82 Å². The number of pyridine rings is 1. The quantitative estimate of drug-likeness (QED) is 0.596. The zero-order valence-corrected chi connectivity index (χ0v) is 19.7. The molecule has 7 nitrogen and oxygen atoms in total. The van der Waals surface area contributed by atoms with Crippen molar-refractivity contribution in [3.8, 4) is 0 Å². The van der Waals surface area contributed by atoms with E-state index in [1.54, 1.807) is 34.0 Å². The van der Waals surface area contributed by atoms with Gasteiger partial charge in [0, 0.05) is 30.2 Å². The van der Waals surface area contributed by atoms with Crippen LogP contribution in [-0.2, 0) is 4.79 Å². The van der Waals surface area contributed by atoms with Crippen LogP contribution in [0.3, 0.4) is 0 Å². The molecule has 0 radical (unpaired) electrons. The number of amides is 2. The summed E-state index contributed by atoms with van der Waals surface area (Å²) in [5, 5.41) is 6.78. The SMILES string of the molecule is C[C@]1(C(=O)N[C@@H]2CN(C(=O)c3cccn4cncc34)CC[C@H]2c2cc(F)cc(Cl)c2)CCCN1. The normalized spacial score (nSPS) is 25.0. The Bertz CT molecular complexity index is 1220. The van der Waals surface area contributed by atoms with Gasteiger partial charge in [0.05, 0.1) is 35.2 Å². The third-order valence-electron chi connectivity index (χ3n) is 7.08. The number of nitrogens with zero attached hydrogens (tertiary/aromatic N) is 3. The van der Waals surface area contributed by atoms with Gasteiger partial charge in [-0.3, -0.25) is 9.59 Å². The molecule has 3 atom stereocenters. The second-order valence-electron chi connectivity index (χ2n) is 9.40. The molecule has 4 heterocycles. The van der Waals surface area contributed by atoms with Crippen LogP contribution >= 0.6 is 11.6 Å². The Kier molecular flexibility index (Phi) is 6.04. The van der Waals surface area contributed by atoms with Crippen molar-refractivity contribution in [1.82, 2.24) is 24.9 Å². The summed E-state index contributed by atoms with van der Waals surface area (Å²) in [7, 11) is 0. The fraction of sp³-hybridized carbons (Fsp3) is 0.400. The zero-order chi connectivity index (χ0) is 23.9. The minimum atomic E-state index is -0.653. The summed E-state index contributed by atoms with van der Waals surface area (Å²) in [4.78, 5) is 32.6. The molecule has 0 bridgehead atoms. The first-order valence-corrected chi connectivity index (χ1v) is 11.9. The van der Waals surface area contributed by atoms with Crippen LogP contribution < -0.4 is 10.6 Å². The maximum atomic E-state index is 14.2. The van der Waals surface area contributed by atoms with E-state index >= 15 is 0 Å². The maximum absolute atomic E-state index is 14.2. The van der Waals surface area contributed by atoms with E-state index in [0.29, 0.717) is 30.1 Å². The molecule has 1 aromatic carbocycles. The first kappa shape index (κ1) is 22.8. The smallest absolute Gasteiger partial charge is 0.256 e. The molecule has 2 aromatic heterocycles. The molecule has 2 aliphatic heterocycles. The van der Waals surface area contributed by atoms with E-state index in [4.69, 9.17) is 11.6 Å². The van der Waals surface area contributed by atoms with Crippen molar-refractivity contribution in [3.05, 3.63) is 71.0 Å². The summed E-state index contributed by atoms with van der Waals surface area (Å²) in [6.45, 7) is 3.48. The monoisotopic (exact) mass is 483 g/mol. The molecule has 5 rings (SSSR count). The van der Waals surface area contributed by atoms with Crippen LogP contribution in [0.2, 0.25) is 5.02 Å². The van der Waals surface area contributed by atoms with Gasteiger partial charge in [-0.1, -0.05) is 11.6 Å². The van der Waals surface area contributed by atoms with Gasteiger partial charge in [0.15, 0.2) is 0 Å². The number of imidazole rings is 1. The zero-order valence-electron chi connectivity index (χ0n) is 18.9. The molecule has 178 valence electrons. The number of fused-ring (bicyclic) bond motifs is 1. The average molecular weight is 484 g/mol. The van der Waals surface area contributed by atoms with Crippen molar-refractivity contribution in [2.45, 2.75) is 43.7 Å². The fourth-order valence-electron chi connectivity index (χ4n) is 5.19. The van der Waals surface area contributed by atoms with Crippen molar-refractivity contribution in [2.75, 3.05) is 19.6 Å². The predicted molar refractivity (Wildman–Crippen MR) is 127 cm³/mol. The van der Waals surface area contributed by atoms with Crippen molar-refractivity contribution in [1.29, 1.82) is 0 Å². The molecular formula is C25H27ClFN5O2. The molecule has 0 unspecified atom stereocenters. The van der Waals surface area contributed by atoms with Crippen LogP contribution in [0.4, 0.5) is 4.39 Å². The molecule has 2 amide bonds. The van der Waals surface area contributed by atoms with E-state index in [2.05, 4.69) is 15.6 Å². The van der Waals surface area contributed by atoms with Crippen LogP contribution in [0.15, 0.2) is 49.1 Å². The summed E-state index contributed by atoms with van der Waals surface area (Å²) in [5.74, 6) is -0.805. The molecule has 2 aliphatic rings. The minimum absolute atomic E-state index is 0.102. The molecule has 0 saturated carbocycles. The summed E-state index contributed by atoms with van der Waals surface area (Å²) in [6.07, 6.45) is 7.41. The third-order valence-corrected chi connectivity index (χ3v) is 7.30. The van der Waals surface area contributed by atoms with Gasteiger partial charge in [0.2, 0.25) is 5.91 Å². The molecular weight excluding hydrogens is 457 g/mol. The van der Waals surface area contributed by atoms with E-state index < -0.39 is 11.4 Å². The Labute approximate surface area is 202 Å². The second-order valence-corrected chi connectivity index (χ2v) is 9.84. The number of likely N-dealkylation sites (tertiary alicyclic amines) is 1. The van der Waals surface area contributed by atoms with E-state index in [1.165, 1.54) is 12.1 Å². The predicted octanol–water partition coefficient (Wildman–Crippen LogP) is 3.38. The highest BCUT2D eigenvalue weighted by Gasteiger charge is 2.40. The van der Waals surface area contributed by atoms with Gasteiger partial charge in [-0.2, -0.15) is 0 Å². The topological polar surface area (TPSA) is 78.7 Å². The lowest BCUT2D eigenvalue weighted by Gasteiger charge is -2.40. The fourth-order valence-corrected chi connectivity index (χ4v) is 5.42. The number of aromatic nitrogens is 2. The van der Waals surface area contributed by atoms with Crippen LogP contribution in [-0.4, -0.2) is 57.3 Å².